The molecule has 1 aromatic rings. The SMILES string of the molecule is CNCCC(C)c1cccc(CCC2CCCCC2)c1. The Balaban J connectivity index is 1.85. The van der Waals surface area contributed by atoms with Crippen LogP contribution in [0.25, 0.3) is 0 Å². The fourth-order valence-corrected chi connectivity index (χ4v) is 3.43. The molecule has 1 N–H and O–H groups in total. The van der Waals surface area contributed by atoms with E-state index in [2.05, 4.69) is 36.5 Å². The molecule has 1 heteroatoms. The quantitative estimate of drug-likeness (QED) is 0.744. The zero-order chi connectivity index (χ0) is 14.2. The van der Waals surface area contributed by atoms with E-state index in [1.165, 1.54) is 56.9 Å². The summed E-state index contributed by atoms with van der Waals surface area (Å²) in [6.45, 7) is 3.45. The van der Waals surface area contributed by atoms with Crippen molar-refractivity contribution in [3.8, 4) is 0 Å². The van der Waals surface area contributed by atoms with Crippen molar-refractivity contribution in [1.29, 1.82) is 0 Å². The Labute approximate surface area is 125 Å². The van der Waals surface area contributed by atoms with Crippen molar-refractivity contribution in [3.63, 3.8) is 0 Å². The van der Waals surface area contributed by atoms with E-state index in [4.69, 9.17) is 0 Å². The Morgan fingerprint density at radius 1 is 1.20 bits per heavy atom. The maximum Gasteiger partial charge on any atom is -0.00462 e. The van der Waals surface area contributed by atoms with Crippen LogP contribution in [0.4, 0.5) is 0 Å². The highest BCUT2D eigenvalue weighted by atomic mass is 14.8. The third-order valence-corrected chi connectivity index (χ3v) is 4.91. The number of nitrogens with one attached hydrogen (secondary N) is 1. The summed E-state index contributed by atoms with van der Waals surface area (Å²) in [7, 11) is 2.04. The van der Waals surface area contributed by atoms with Gasteiger partial charge in [-0.25, -0.2) is 0 Å². The fraction of sp³-hybridized carbons (Fsp3) is 0.684. The van der Waals surface area contributed by atoms with Crippen LogP contribution in [-0.4, -0.2) is 13.6 Å². The van der Waals surface area contributed by atoms with Gasteiger partial charge in [-0.2, -0.15) is 0 Å². The molecular formula is C19H31N. The maximum absolute atomic E-state index is 3.25. The van der Waals surface area contributed by atoms with Crippen LogP contribution in [0, 0.1) is 5.92 Å². The molecule has 1 unspecified atom stereocenters. The van der Waals surface area contributed by atoms with Crippen molar-refractivity contribution in [2.45, 2.75) is 64.2 Å². The van der Waals surface area contributed by atoms with E-state index in [1.54, 1.807) is 5.56 Å². The first-order valence-corrected chi connectivity index (χ1v) is 8.53. The molecule has 0 bridgehead atoms. The number of aryl methyl sites for hydroxylation is 1. The molecule has 0 aromatic heterocycles. The standard InChI is InChI=1S/C19H31N/c1-16(13-14-20-2)19-10-6-9-18(15-19)12-11-17-7-4-3-5-8-17/h6,9-10,15-17,20H,3-5,7-8,11-14H2,1-2H3. The maximum atomic E-state index is 3.25. The summed E-state index contributed by atoms with van der Waals surface area (Å²) in [6.07, 6.45) is 11.2. The van der Waals surface area contributed by atoms with E-state index < -0.39 is 0 Å². The molecule has 0 aliphatic heterocycles. The molecule has 1 atom stereocenters. The molecule has 0 saturated heterocycles. The number of hydrogen-bond acceptors (Lipinski definition) is 1. The van der Waals surface area contributed by atoms with Gasteiger partial charge in [0.25, 0.3) is 0 Å². The van der Waals surface area contributed by atoms with Gasteiger partial charge in [0.1, 0.15) is 0 Å². The van der Waals surface area contributed by atoms with Gasteiger partial charge in [0, 0.05) is 0 Å². The minimum absolute atomic E-state index is 0.664. The molecule has 1 aliphatic carbocycles. The Morgan fingerprint density at radius 2 is 2.00 bits per heavy atom. The van der Waals surface area contributed by atoms with E-state index >= 15 is 0 Å². The number of rotatable bonds is 7. The van der Waals surface area contributed by atoms with Gasteiger partial charge in [0.2, 0.25) is 0 Å². The molecule has 1 nitrogen and oxygen atoms in total. The average molecular weight is 273 g/mol. The van der Waals surface area contributed by atoms with Crippen molar-refractivity contribution in [3.05, 3.63) is 35.4 Å². The lowest BCUT2D eigenvalue weighted by atomic mass is 9.85. The summed E-state index contributed by atoms with van der Waals surface area (Å²) in [5.41, 5.74) is 3.06. The molecule has 0 spiro atoms. The zero-order valence-corrected chi connectivity index (χ0v) is 13.3. The van der Waals surface area contributed by atoms with Crippen LogP contribution in [0.15, 0.2) is 24.3 Å². The third kappa shape index (κ3) is 4.94. The fourth-order valence-electron chi connectivity index (χ4n) is 3.43. The highest BCUT2D eigenvalue weighted by Crippen LogP contribution is 2.28. The highest BCUT2D eigenvalue weighted by Gasteiger charge is 2.13. The van der Waals surface area contributed by atoms with Crippen LogP contribution in [-0.2, 0) is 6.42 Å². The predicted molar refractivity (Wildman–Crippen MR) is 88.3 cm³/mol. The first-order valence-electron chi connectivity index (χ1n) is 8.53. The summed E-state index contributed by atoms with van der Waals surface area (Å²) in [5, 5.41) is 3.25. The predicted octanol–water partition coefficient (Wildman–Crippen LogP) is 4.91. The lowest BCUT2D eigenvalue weighted by Crippen LogP contribution is -2.11. The molecule has 20 heavy (non-hydrogen) atoms. The summed E-state index contributed by atoms with van der Waals surface area (Å²) >= 11 is 0. The van der Waals surface area contributed by atoms with Crippen LogP contribution < -0.4 is 5.32 Å². The average Bonchev–Trinajstić information content (AvgIpc) is 2.52. The van der Waals surface area contributed by atoms with Gasteiger partial charge in [-0.05, 0) is 55.8 Å². The van der Waals surface area contributed by atoms with Crippen molar-refractivity contribution in [1.82, 2.24) is 5.32 Å². The Bertz CT molecular complexity index is 379. The summed E-state index contributed by atoms with van der Waals surface area (Å²) in [4.78, 5) is 0. The van der Waals surface area contributed by atoms with Crippen molar-refractivity contribution < 1.29 is 0 Å². The molecular weight excluding hydrogens is 242 g/mol. The van der Waals surface area contributed by atoms with Crippen LogP contribution in [0.2, 0.25) is 0 Å². The number of hydrogen-bond donors (Lipinski definition) is 1. The Hall–Kier alpha value is -0.820. The first kappa shape index (κ1) is 15.6. The van der Waals surface area contributed by atoms with E-state index in [-0.39, 0.29) is 0 Å². The van der Waals surface area contributed by atoms with Gasteiger partial charge in [-0.3, -0.25) is 0 Å². The molecule has 0 radical (unpaired) electrons. The van der Waals surface area contributed by atoms with E-state index in [9.17, 15) is 0 Å². The lowest BCUT2D eigenvalue weighted by molar-refractivity contribution is 0.339. The van der Waals surface area contributed by atoms with Crippen LogP contribution in [0.1, 0.15) is 68.9 Å². The van der Waals surface area contributed by atoms with Gasteiger partial charge < -0.3 is 5.32 Å². The number of benzene rings is 1. The normalized spacial score (nSPS) is 18.1. The van der Waals surface area contributed by atoms with E-state index in [0.29, 0.717) is 5.92 Å². The first-order chi connectivity index (χ1) is 9.79. The van der Waals surface area contributed by atoms with Crippen LogP contribution in [0.3, 0.4) is 0 Å². The summed E-state index contributed by atoms with van der Waals surface area (Å²) in [6, 6.07) is 9.31. The van der Waals surface area contributed by atoms with Crippen LogP contribution in [0.5, 0.6) is 0 Å². The molecule has 1 aromatic carbocycles. The van der Waals surface area contributed by atoms with Gasteiger partial charge in [0.15, 0.2) is 0 Å². The Morgan fingerprint density at radius 3 is 2.75 bits per heavy atom. The topological polar surface area (TPSA) is 12.0 Å². The molecule has 0 amide bonds. The minimum atomic E-state index is 0.664. The molecule has 1 aliphatic rings. The minimum Gasteiger partial charge on any atom is -0.320 e. The molecule has 112 valence electrons. The zero-order valence-electron chi connectivity index (χ0n) is 13.3. The molecule has 1 saturated carbocycles. The lowest BCUT2D eigenvalue weighted by Gasteiger charge is -2.21. The monoisotopic (exact) mass is 273 g/mol. The van der Waals surface area contributed by atoms with Crippen LogP contribution >= 0.6 is 0 Å². The molecule has 0 heterocycles. The molecule has 2 rings (SSSR count). The van der Waals surface area contributed by atoms with Crippen molar-refractivity contribution >= 4 is 0 Å². The smallest absolute Gasteiger partial charge is 0.00462 e. The van der Waals surface area contributed by atoms with Crippen molar-refractivity contribution in [2.75, 3.05) is 13.6 Å². The van der Waals surface area contributed by atoms with E-state index in [0.717, 1.165) is 12.5 Å². The second-order valence-corrected chi connectivity index (χ2v) is 6.58. The van der Waals surface area contributed by atoms with Gasteiger partial charge >= 0.3 is 0 Å². The second-order valence-electron chi connectivity index (χ2n) is 6.58. The third-order valence-electron chi connectivity index (χ3n) is 4.91. The highest BCUT2D eigenvalue weighted by molar-refractivity contribution is 5.26. The molecule has 1 fully saturated rings. The van der Waals surface area contributed by atoms with Crippen molar-refractivity contribution in [2.24, 2.45) is 5.92 Å². The summed E-state index contributed by atoms with van der Waals surface area (Å²) < 4.78 is 0. The van der Waals surface area contributed by atoms with Gasteiger partial charge in [-0.1, -0.05) is 63.3 Å². The largest absolute Gasteiger partial charge is 0.320 e. The van der Waals surface area contributed by atoms with Gasteiger partial charge in [-0.15, -0.1) is 0 Å². The second kappa shape index (κ2) is 8.46. The summed E-state index contributed by atoms with van der Waals surface area (Å²) in [5.74, 6) is 1.66. The van der Waals surface area contributed by atoms with Gasteiger partial charge in [0.05, 0.1) is 0 Å². The Kier molecular flexibility index (Phi) is 6.59. The van der Waals surface area contributed by atoms with E-state index in [1.807, 2.05) is 7.05 Å².